The van der Waals surface area contributed by atoms with E-state index in [1.807, 2.05) is 30.6 Å². The zero-order valence-electron chi connectivity index (χ0n) is 9.38. The summed E-state index contributed by atoms with van der Waals surface area (Å²) in [7, 11) is 0. The highest BCUT2D eigenvalue weighted by Gasteiger charge is 2.09. The van der Waals surface area contributed by atoms with Gasteiger partial charge in [0, 0.05) is 24.0 Å². The van der Waals surface area contributed by atoms with Gasteiger partial charge in [-0.3, -0.25) is 4.98 Å². The van der Waals surface area contributed by atoms with Gasteiger partial charge in [0.15, 0.2) is 5.65 Å². The molecule has 0 unspecified atom stereocenters. The Morgan fingerprint density at radius 2 is 1.89 bits per heavy atom. The minimum Gasteiger partial charge on any atom is -0.359 e. The first-order valence-corrected chi connectivity index (χ1v) is 5.64. The van der Waals surface area contributed by atoms with Gasteiger partial charge in [-0.05, 0) is 18.2 Å². The maximum absolute atomic E-state index is 4.56. The largest absolute Gasteiger partial charge is 0.359 e. The van der Waals surface area contributed by atoms with E-state index in [-0.39, 0.29) is 0 Å². The van der Waals surface area contributed by atoms with Crippen LogP contribution in [0.2, 0.25) is 0 Å². The van der Waals surface area contributed by atoms with Crippen molar-refractivity contribution in [2.24, 2.45) is 0 Å². The summed E-state index contributed by atoms with van der Waals surface area (Å²) in [6.07, 6.45) is 7.26. The van der Waals surface area contributed by atoms with Crippen molar-refractivity contribution in [1.29, 1.82) is 0 Å². The molecule has 0 atom stereocenters. The molecule has 4 aromatic heterocycles. The van der Waals surface area contributed by atoms with E-state index in [9.17, 15) is 0 Å². The lowest BCUT2D eigenvalue weighted by Crippen LogP contribution is -1.90. The molecule has 0 aromatic carbocycles. The monoisotopic (exact) mass is 235 g/mol. The summed E-state index contributed by atoms with van der Waals surface area (Å²) in [6, 6.07) is 5.89. The topological polar surface area (TPSA) is 70.2 Å². The fourth-order valence-corrected chi connectivity index (χ4v) is 2.12. The molecule has 18 heavy (non-hydrogen) atoms. The van der Waals surface area contributed by atoms with Crippen LogP contribution in [0.3, 0.4) is 0 Å². The van der Waals surface area contributed by atoms with Gasteiger partial charge in [0.2, 0.25) is 0 Å². The highest BCUT2D eigenvalue weighted by atomic mass is 14.9. The van der Waals surface area contributed by atoms with Crippen LogP contribution in [0.15, 0.2) is 43.0 Å². The summed E-state index contributed by atoms with van der Waals surface area (Å²) in [6.45, 7) is 0. The molecule has 0 saturated heterocycles. The Labute approximate surface area is 102 Å². The zero-order chi connectivity index (χ0) is 11.9. The highest BCUT2D eigenvalue weighted by molar-refractivity contribution is 5.91. The number of nitrogens with zero attached hydrogens (tertiary/aromatic N) is 3. The average molecular weight is 235 g/mol. The van der Waals surface area contributed by atoms with E-state index in [0.717, 1.165) is 33.5 Å². The van der Waals surface area contributed by atoms with E-state index in [0.29, 0.717) is 0 Å². The van der Waals surface area contributed by atoms with Crippen LogP contribution in [0.1, 0.15) is 0 Å². The van der Waals surface area contributed by atoms with E-state index < -0.39 is 0 Å². The van der Waals surface area contributed by atoms with Crippen molar-refractivity contribution in [2.75, 3.05) is 0 Å². The second-order valence-corrected chi connectivity index (χ2v) is 4.07. The third kappa shape index (κ3) is 1.24. The zero-order valence-corrected chi connectivity index (χ0v) is 9.38. The van der Waals surface area contributed by atoms with Crippen molar-refractivity contribution in [3.8, 4) is 11.4 Å². The molecule has 0 aliphatic rings. The molecule has 0 aliphatic heterocycles. The molecule has 2 N–H and O–H groups in total. The molecule has 0 fully saturated rings. The van der Waals surface area contributed by atoms with Gasteiger partial charge in [-0.2, -0.15) is 0 Å². The van der Waals surface area contributed by atoms with Crippen LogP contribution in [-0.4, -0.2) is 24.9 Å². The number of aromatic nitrogens is 5. The van der Waals surface area contributed by atoms with Crippen molar-refractivity contribution in [3.05, 3.63) is 43.0 Å². The number of hydrogen-bond acceptors (Lipinski definition) is 3. The number of pyridine rings is 1. The first-order chi connectivity index (χ1) is 8.92. The van der Waals surface area contributed by atoms with Crippen LogP contribution in [0, 0.1) is 0 Å². The molecular formula is C13H9N5. The van der Waals surface area contributed by atoms with Gasteiger partial charge in [-0.1, -0.05) is 0 Å². The Bertz CT molecular complexity index is 842. The van der Waals surface area contributed by atoms with Gasteiger partial charge in [-0.25, -0.2) is 9.97 Å². The summed E-state index contributed by atoms with van der Waals surface area (Å²) in [5.41, 5.74) is 4.22. The van der Waals surface area contributed by atoms with Crippen molar-refractivity contribution >= 4 is 22.1 Å². The van der Waals surface area contributed by atoms with Crippen LogP contribution in [0.5, 0.6) is 0 Å². The molecule has 5 nitrogen and oxygen atoms in total. The lowest BCUT2D eigenvalue weighted by atomic mass is 10.2. The maximum Gasteiger partial charge on any atom is 0.156 e. The number of H-pyrrole nitrogens is 2. The molecule has 0 spiro atoms. The van der Waals surface area contributed by atoms with Gasteiger partial charge in [-0.15, -0.1) is 0 Å². The second-order valence-electron chi connectivity index (χ2n) is 4.07. The first-order valence-electron chi connectivity index (χ1n) is 5.64. The summed E-state index contributed by atoms with van der Waals surface area (Å²) in [5, 5.41) is 1.12. The molecule has 5 heteroatoms. The van der Waals surface area contributed by atoms with Gasteiger partial charge in [0.25, 0.3) is 0 Å². The van der Waals surface area contributed by atoms with Crippen LogP contribution >= 0.6 is 0 Å². The molecule has 4 aromatic rings. The molecule has 0 amide bonds. The highest BCUT2D eigenvalue weighted by Crippen LogP contribution is 2.24. The maximum atomic E-state index is 4.56. The van der Waals surface area contributed by atoms with Crippen LogP contribution in [-0.2, 0) is 0 Å². The van der Waals surface area contributed by atoms with E-state index in [2.05, 4.69) is 24.9 Å². The van der Waals surface area contributed by atoms with Gasteiger partial charge < -0.3 is 9.97 Å². The Balaban J connectivity index is 2.03. The summed E-state index contributed by atoms with van der Waals surface area (Å²) >= 11 is 0. The lowest BCUT2D eigenvalue weighted by Gasteiger charge is -2.01. The Kier molecular flexibility index (Phi) is 1.77. The second kappa shape index (κ2) is 3.40. The van der Waals surface area contributed by atoms with E-state index in [4.69, 9.17) is 0 Å². The van der Waals surface area contributed by atoms with E-state index >= 15 is 0 Å². The predicted molar refractivity (Wildman–Crippen MR) is 69.0 cm³/mol. The first kappa shape index (κ1) is 9.35. The Hall–Kier alpha value is -2.69. The third-order valence-corrected chi connectivity index (χ3v) is 2.98. The fraction of sp³-hybridized carbons (Fsp3) is 0. The molecule has 86 valence electrons. The summed E-state index contributed by atoms with van der Waals surface area (Å²) in [5.74, 6) is 0. The predicted octanol–water partition coefficient (Wildman–Crippen LogP) is 2.50. The summed E-state index contributed by atoms with van der Waals surface area (Å²) in [4.78, 5) is 19.5. The minimum absolute atomic E-state index is 0.773. The molecule has 4 rings (SSSR count). The summed E-state index contributed by atoms with van der Waals surface area (Å²) < 4.78 is 0. The van der Waals surface area contributed by atoms with Crippen molar-refractivity contribution in [3.63, 3.8) is 0 Å². The molecule has 0 aliphatic carbocycles. The van der Waals surface area contributed by atoms with E-state index in [1.165, 1.54) is 0 Å². The minimum atomic E-state index is 0.773. The van der Waals surface area contributed by atoms with Gasteiger partial charge in [0.05, 0.1) is 11.7 Å². The Morgan fingerprint density at radius 1 is 0.944 bits per heavy atom. The van der Waals surface area contributed by atoms with Crippen molar-refractivity contribution in [2.45, 2.75) is 0 Å². The molecule has 0 radical (unpaired) electrons. The van der Waals surface area contributed by atoms with Gasteiger partial charge >= 0.3 is 0 Å². The normalized spacial score (nSPS) is 11.3. The van der Waals surface area contributed by atoms with Crippen molar-refractivity contribution < 1.29 is 0 Å². The number of nitrogens with one attached hydrogen (secondary N) is 2. The number of hydrogen-bond donors (Lipinski definition) is 2. The number of aromatic amines is 2. The lowest BCUT2D eigenvalue weighted by molar-refractivity contribution is 1.23. The molecule has 4 heterocycles. The average Bonchev–Trinajstić information content (AvgIpc) is 3.05. The smallest absolute Gasteiger partial charge is 0.156 e. The number of fused-ring (bicyclic) bond motifs is 2. The molecule has 0 bridgehead atoms. The Morgan fingerprint density at radius 3 is 2.89 bits per heavy atom. The fourth-order valence-electron chi connectivity index (χ4n) is 2.12. The van der Waals surface area contributed by atoms with E-state index in [1.54, 1.807) is 12.4 Å². The number of rotatable bonds is 1. The quantitative estimate of drug-likeness (QED) is 0.532. The standard InChI is InChI=1S/C13H9N5/c1-4-14-11-8(1)2-5-15-12(11)10-7-17-13-9(18-10)3-6-16-13/h1-7,14H,(H,16,17). The van der Waals surface area contributed by atoms with Gasteiger partial charge in [0.1, 0.15) is 16.9 Å². The molecule has 0 saturated carbocycles. The molecular weight excluding hydrogens is 226 g/mol. The SMILES string of the molecule is c1cc2cc[nH]c2c(-c2cnc3[nH]ccc3n2)n1. The third-order valence-electron chi connectivity index (χ3n) is 2.98. The van der Waals surface area contributed by atoms with Crippen LogP contribution in [0.25, 0.3) is 33.5 Å². The van der Waals surface area contributed by atoms with Crippen molar-refractivity contribution in [1.82, 2.24) is 24.9 Å². The van der Waals surface area contributed by atoms with Crippen LogP contribution in [0.4, 0.5) is 0 Å². The van der Waals surface area contributed by atoms with Crippen LogP contribution < -0.4 is 0 Å².